The number of aryl methyl sites for hydroxylation is 1. The smallest absolute Gasteiger partial charge is 0.337 e. The summed E-state index contributed by atoms with van der Waals surface area (Å²) in [5.41, 5.74) is -0.0343. The Kier molecular flexibility index (Phi) is 20.3. The van der Waals surface area contributed by atoms with Crippen LogP contribution in [-0.4, -0.2) is 81.0 Å². The highest BCUT2D eigenvalue weighted by atomic mass is 32.2. The maximum atomic E-state index is 14.3. The van der Waals surface area contributed by atoms with Gasteiger partial charge in [0.2, 0.25) is 17.1 Å². The maximum Gasteiger partial charge on any atom is 0.337 e. The number of hydrogen-bond acceptors (Lipinski definition) is 11. The first-order valence-corrected chi connectivity index (χ1v) is 24.7. The van der Waals surface area contributed by atoms with Gasteiger partial charge in [-0.3, -0.25) is 9.59 Å². The van der Waals surface area contributed by atoms with Gasteiger partial charge in [-0.25, -0.2) is 19.1 Å². The van der Waals surface area contributed by atoms with E-state index in [0.29, 0.717) is 23.4 Å². The molecule has 1 amide bonds. The van der Waals surface area contributed by atoms with Crippen LogP contribution in [0.2, 0.25) is 0 Å². The second-order valence-corrected chi connectivity index (χ2v) is 19.0. The highest BCUT2D eigenvalue weighted by Crippen LogP contribution is 2.36. The molecule has 0 spiro atoms. The molecule has 5 aromatic rings. The summed E-state index contributed by atoms with van der Waals surface area (Å²) in [5.74, 6) is -5.35. The number of ether oxygens (including phenoxy) is 1. The van der Waals surface area contributed by atoms with E-state index >= 15 is 0 Å². The van der Waals surface area contributed by atoms with E-state index in [9.17, 15) is 39.3 Å². The van der Waals surface area contributed by atoms with Gasteiger partial charge in [-0.2, -0.15) is 9.78 Å². The summed E-state index contributed by atoms with van der Waals surface area (Å²) in [6, 6.07) is 18.6. The van der Waals surface area contributed by atoms with Crippen molar-refractivity contribution in [2.75, 3.05) is 5.32 Å². The highest BCUT2D eigenvalue weighted by molar-refractivity contribution is 7.98. The molecule has 1 atom stereocenters. The summed E-state index contributed by atoms with van der Waals surface area (Å²) in [6.45, 7) is 7.15. The number of carbonyl (C=O) groups is 5. The number of amides is 1. The number of carbonyl (C=O) groups excluding carboxylic acids is 2. The van der Waals surface area contributed by atoms with Gasteiger partial charge in [-0.15, -0.1) is 5.10 Å². The molecule has 68 heavy (non-hydrogen) atoms. The van der Waals surface area contributed by atoms with Crippen molar-refractivity contribution in [1.29, 1.82) is 0 Å². The minimum atomic E-state index is -1.82. The predicted octanol–water partition coefficient (Wildman–Crippen LogP) is 11.0. The van der Waals surface area contributed by atoms with Crippen molar-refractivity contribution in [3.05, 3.63) is 101 Å². The molecule has 16 nitrogen and oxygen atoms in total. The van der Waals surface area contributed by atoms with E-state index in [1.54, 1.807) is 43.7 Å². The van der Waals surface area contributed by atoms with E-state index in [1.807, 2.05) is 30.3 Å². The molecule has 0 aliphatic heterocycles. The standard InChI is InChI=1S/C51H65N7O9S/c1-5-6-7-8-9-10-11-12-13-14-15-16-17-18-19-23-29-41-40(34-68-50-53-55-56-58(50)42-30-25-24-28-39(42)49(65)66)46(57(54-41)38-26-21-20-22-27-38)67-43(44(59)51(2,3)4)45(60)52-37-32-35(47(61)62)31-36(33-37)48(63)64/h20-22,24-28,30-33,43H,5-19,23,29,34H2,1-4H3,(H,52,60)(H,61,62)(H,63,64)(H,65,66). The average molecular weight is 952 g/mol. The van der Waals surface area contributed by atoms with E-state index in [2.05, 4.69) is 27.8 Å². The second kappa shape index (κ2) is 26.3. The molecule has 0 aliphatic rings. The van der Waals surface area contributed by atoms with Crippen LogP contribution in [0.4, 0.5) is 5.69 Å². The molecule has 1 unspecified atom stereocenters. The zero-order valence-corrected chi connectivity index (χ0v) is 40.4. The Labute approximate surface area is 402 Å². The van der Waals surface area contributed by atoms with Crippen LogP contribution >= 0.6 is 11.8 Å². The molecule has 0 saturated heterocycles. The summed E-state index contributed by atoms with van der Waals surface area (Å²) >= 11 is 1.19. The van der Waals surface area contributed by atoms with Crippen LogP contribution in [0, 0.1) is 5.41 Å². The quantitative estimate of drug-likeness (QED) is 0.0191. The summed E-state index contributed by atoms with van der Waals surface area (Å²) < 4.78 is 9.50. The molecule has 364 valence electrons. The Morgan fingerprint density at radius 1 is 0.691 bits per heavy atom. The Morgan fingerprint density at radius 2 is 1.24 bits per heavy atom. The van der Waals surface area contributed by atoms with Gasteiger partial charge in [0.05, 0.1) is 33.8 Å². The molecule has 3 aromatic carbocycles. The van der Waals surface area contributed by atoms with Crippen LogP contribution < -0.4 is 10.1 Å². The van der Waals surface area contributed by atoms with Crippen LogP contribution in [0.25, 0.3) is 11.4 Å². The van der Waals surface area contributed by atoms with Gasteiger partial charge in [0.1, 0.15) is 0 Å². The van der Waals surface area contributed by atoms with Crippen LogP contribution in [0.5, 0.6) is 5.88 Å². The van der Waals surface area contributed by atoms with Gasteiger partial charge in [0.15, 0.2) is 5.78 Å². The summed E-state index contributed by atoms with van der Waals surface area (Å²) in [4.78, 5) is 64.7. The number of carboxylic acid groups (broad SMARTS) is 3. The van der Waals surface area contributed by atoms with Crippen molar-refractivity contribution in [2.45, 2.75) is 154 Å². The fraction of sp³-hybridized carbons (Fsp3) is 0.471. The molecular formula is C51H65N7O9S. The number of benzene rings is 3. The number of tetrazole rings is 1. The monoisotopic (exact) mass is 951 g/mol. The van der Waals surface area contributed by atoms with E-state index in [1.165, 1.54) is 99.6 Å². The van der Waals surface area contributed by atoms with Gasteiger partial charge < -0.3 is 25.4 Å². The Bertz CT molecular complexity index is 2430. The van der Waals surface area contributed by atoms with E-state index in [-0.39, 0.29) is 44.9 Å². The third-order valence-electron chi connectivity index (χ3n) is 11.6. The van der Waals surface area contributed by atoms with Crippen molar-refractivity contribution in [2.24, 2.45) is 5.41 Å². The third kappa shape index (κ3) is 15.3. The number of anilines is 1. The Morgan fingerprint density at radius 3 is 1.78 bits per heavy atom. The molecule has 0 aliphatic carbocycles. The Balaban J connectivity index is 1.42. The number of nitrogens with zero attached hydrogens (tertiary/aromatic N) is 6. The molecule has 0 radical (unpaired) electrons. The number of carboxylic acids is 3. The lowest BCUT2D eigenvalue weighted by Crippen LogP contribution is -2.45. The number of Topliss-reactive ketones (excluding diaryl/α,β-unsaturated/α-hetero) is 1. The largest absolute Gasteiger partial charge is 0.478 e. The first-order chi connectivity index (χ1) is 32.7. The van der Waals surface area contributed by atoms with Crippen LogP contribution in [0.1, 0.15) is 173 Å². The number of unbranched alkanes of at least 4 members (excludes halogenated alkanes) is 15. The van der Waals surface area contributed by atoms with E-state index in [4.69, 9.17) is 9.84 Å². The number of hydrogen-bond donors (Lipinski definition) is 4. The molecule has 0 bridgehead atoms. The van der Waals surface area contributed by atoms with Crippen LogP contribution in [0.15, 0.2) is 78.0 Å². The first-order valence-electron chi connectivity index (χ1n) is 23.7. The van der Waals surface area contributed by atoms with Gasteiger partial charge in [0.25, 0.3) is 5.91 Å². The van der Waals surface area contributed by atoms with Crippen LogP contribution in [-0.2, 0) is 21.8 Å². The van der Waals surface area contributed by atoms with Gasteiger partial charge >= 0.3 is 17.9 Å². The number of aromatic carboxylic acids is 3. The van der Waals surface area contributed by atoms with Crippen molar-refractivity contribution < 1.29 is 44.0 Å². The molecular weight excluding hydrogens is 887 g/mol. The van der Waals surface area contributed by atoms with Crippen LogP contribution in [0.3, 0.4) is 0 Å². The predicted molar refractivity (Wildman–Crippen MR) is 260 cm³/mol. The number of ketones is 1. The average Bonchev–Trinajstić information content (AvgIpc) is 3.93. The fourth-order valence-corrected chi connectivity index (χ4v) is 8.73. The lowest BCUT2D eigenvalue weighted by atomic mass is 9.87. The molecule has 17 heteroatoms. The Hall–Kier alpha value is -6.36. The van der Waals surface area contributed by atoms with E-state index in [0.717, 1.165) is 43.9 Å². The molecule has 0 fully saturated rings. The van der Waals surface area contributed by atoms with E-state index < -0.39 is 41.1 Å². The number of aromatic nitrogens is 6. The van der Waals surface area contributed by atoms with Gasteiger partial charge in [-0.05, 0) is 65.7 Å². The highest BCUT2D eigenvalue weighted by Gasteiger charge is 2.39. The fourth-order valence-electron chi connectivity index (χ4n) is 7.81. The molecule has 2 aromatic heterocycles. The number of rotatable bonds is 30. The lowest BCUT2D eigenvalue weighted by Gasteiger charge is -2.25. The maximum absolute atomic E-state index is 14.3. The number of thioether (sulfide) groups is 1. The normalized spacial score (nSPS) is 11.9. The number of nitrogens with one attached hydrogen (secondary N) is 1. The summed E-state index contributed by atoms with van der Waals surface area (Å²) in [5, 5.41) is 49.4. The zero-order chi connectivity index (χ0) is 49.1. The lowest BCUT2D eigenvalue weighted by molar-refractivity contribution is -0.140. The summed E-state index contributed by atoms with van der Waals surface area (Å²) in [6.07, 6.45) is 18.3. The zero-order valence-electron chi connectivity index (χ0n) is 39.6. The number of para-hydroxylation sites is 2. The second-order valence-electron chi connectivity index (χ2n) is 18.0. The summed E-state index contributed by atoms with van der Waals surface area (Å²) in [7, 11) is 0. The molecule has 5 rings (SSSR count). The van der Waals surface area contributed by atoms with Crippen molar-refractivity contribution in [1.82, 2.24) is 30.0 Å². The van der Waals surface area contributed by atoms with Crippen molar-refractivity contribution in [3.8, 4) is 17.3 Å². The van der Waals surface area contributed by atoms with Gasteiger partial charge in [0, 0.05) is 22.4 Å². The molecule has 0 saturated carbocycles. The SMILES string of the molecule is CCCCCCCCCCCCCCCCCCc1nn(-c2ccccc2)c(OC(C(=O)Nc2cc(C(=O)O)cc(C(=O)O)c2)C(=O)C(C)(C)C)c1CSc1nnnn1-c1ccccc1C(=O)O. The van der Waals surface area contributed by atoms with Crippen molar-refractivity contribution >= 4 is 47.0 Å². The topological polar surface area (TPSA) is 229 Å². The molecule has 2 heterocycles. The first kappa shape index (κ1) is 52.6. The third-order valence-corrected chi connectivity index (χ3v) is 12.5. The van der Waals surface area contributed by atoms with Crippen molar-refractivity contribution in [3.63, 3.8) is 0 Å². The molecule has 4 N–H and O–H groups in total. The van der Waals surface area contributed by atoms with Gasteiger partial charge in [-0.1, -0.05) is 166 Å². The minimum absolute atomic E-state index is 0.00864. The minimum Gasteiger partial charge on any atom is -0.478 e.